The zero-order chi connectivity index (χ0) is 9.97. The molecule has 0 saturated heterocycles. The highest BCUT2D eigenvalue weighted by Gasteiger charge is 2.24. The van der Waals surface area contributed by atoms with Crippen molar-refractivity contribution in [3.8, 4) is 0 Å². The van der Waals surface area contributed by atoms with E-state index >= 15 is 0 Å². The van der Waals surface area contributed by atoms with Crippen molar-refractivity contribution in [3.63, 3.8) is 0 Å². The number of aromatic nitrogens is 1. The summed E-state index contributed by atoms with van der Waals surface area (Å²) < 4.78 is 0. The van der Waals surface area contributed by atoms with Gasteiger partial charge in [-0.2, -0.15) is 0 Å². The van der Waals surface area contributed by atoms with E-state index in [-0.39, 0.29) is 6.04 Å². The minimum absolute atomic E-state index is 0.259. The fourth-order valence-corrected chi connectivity index (χ4v) is 2.33. The molecule has 1 aliphatic carbocycles. The monoisotopic (exact) mass is 210 g/mol. The molecular formula is C11H15ClN2. The number of nitrogens with zero attached hydrogens (tertiary/aromatic N) is 1. The van der Waals surface area contributed by atoms with Gasteiger partial charge in [0.05, 0.1) is 0 Å². The molecule has 1 saturated carbocycles. The fraction of sp³-hybridized carbons (Fsp3) is 0.545. The van der Waals surface area contributed by atoms with E-state index < -0.39 is 0 Å². The number of pyridine rings is 1. The van der Waals surface area contributed by atoms with Gasteiger partial charge in [-0.1, -0.05) is 30.5 Å². The first-order chi connectivity index (χ1) is 6.77. The topological polar surface area (TPSA) is 38.9 Å². The molecule has 0 aromatic carbocycles. The summed E-state index contributed by atoms with van der Waals surface area (Å²) in [5.41, 5.74) is 7.14. The summed E-state index contributed by atoms with van der Waals surface area (Å²) in [6.07, 6.45) is 4.76. The van der Waals surface area contributed by atoms with Gasteiger partial charge in [0, 0.05) is 17.7 Å². The largest absolute Gasteiger partial charge is 0.327 e. The van der Waals surface area contributed by atoms with Crippen molar-refractivity contribution in [3.05, 3.63) is 29.0 Å². The minimum Gasteiger partial charge on any atom is -0.327 e. The Balaban J connectivity index is 2.20. The Labute approximate surface area is 89.5 Å². The van der Waals surface area contributed by atoms with Crippen LogP contribution in [0.1, 0.15) is 37.3 Å². The molecule has 0 aliphatic heterocycles. The van der Waals surface area contributed by atoms with E-state index in [4.69, 9.17) is 17.3 Å². The lowest BCUT2D eigenvalue weighted by Gasteiger charge is -2.27. The van der Waals surface area contributed by atoms with Gasteiger partial charge in [-0.3, -0.25) is 0 Å². The molecule has 1 aromatic heterocycles. The fourth-order valence-electron chi connectivity index (χ4n) is 2.16. The van der Waals surface area contributed by atoms with Crippen molar-refractivity contribution in [2.24, 2.45) is 5.73 Å². The zero-order valence-electron chi connectivity index (χ0n) is 8.12. The lowest BCUT2D eigenvalue weighted by Crippen LogP contribution is -2.31. The smallest absolute Gasteiger partial charge is 0.129 e. The highest BCUT2D eigenvalue weighted by molar-refractivity contribution is 6.29. The van der Waals surface area contributed by atoms with Crippen molar-refractivity contribution >= 4 is 11.6 Å². The van der Waals surface area contributed by atoms with Crippen LogP contribution < -0.4 is 5.73 Å². The number of hydrogen-bond acceptors (Lipinski definition) is 2. The quantitative estimate of drug-likeness (QED) is 0.724. The molecule has 14 heavy (non-hydrogen) atoms. The van der Waals surface area contributed by atoms with Gasteiger partial charge in [0.25, 0.3) is 0 Å². The third kappa shape index (κ3) is 2.07. The highest BCUT2D eigenvalue weighted by atomic mass is 35.5. The molecule has 3 heteroatoms. The molecule has 2 rings (SSSR count). The predicted octanol–water partition coefficient (Wildman–Crippen LogP) is 2.72. The average Bonchev–Trinajstić information content (AvgIpc) is 2.18. The summed E-state index contributed by atoms with van der Waals surface area (Å²) in [6.45, 7) is 0. The van der Waals surface area contributed by atoms with Crippen LogP contribution in [0.4, 0.5) is 0 Å². The van der Waals surface area contributed by atoms with E-state index in [0.29, 0.717) is 11.1 Å². The van der Waals surface area contributed by atoms with Crippen molar-refractivity contribution in [2.45, 2.75) is 37.6 Å². The molecule has 1 aromatic rings. The summed E-state index contributed by atoms with van der Waals surface area (Å²) in [5, 5.41) is 0.570. The minimum atomic E-state index is 0.259. The highest BCUT2D eigenvalue weighted by Crippen LogP contribution is 2.31. The molecular weight excluding hydrogens is 196 g/mol. The number of rotatable bonds is 1. The second-order valence-electron chi connectivity index (χ2n) is 3.94. The van der Waals surface area contributed by atoms with Crippen LogP contribution in [0.5, 0.6) is 0 Å². The molecule has 0 bridgehead atoms. The standard InChI is InChI=1S/C11H15ClN2/c12-11-7-3-6-10(14-11)8-4-1-2-5-9(8)13/h3,6-9H,1-2,4-5,13H2. The lowest BCUT2D eigenvalue weighted by atomic mass is 9.83. The Kier molecular flexibility index (Phi) is 3.04. The van der Waals surface area contributed by atoms with Gasteiger partial charge in [0.2, 0.25) is 0 Å². The first kappa shape index (κ1) is 9.94. The van der Waals surface area contributed by atoms with E-state index in [1.165, 1.54) is 12.8 Å². The predicted molar refractivity (Wildman–Crippen MR) is 58.4 cm³/mol. The van der Waals surface area contributed by atoms with E-state index in [0.717, 1.165) is 18.5 Å². The first-order valence-electron chi connectivity index (χ1n) is 5.15. The van der Waals surface area contributed by atoms with Gasteiger partial charge in [0.1, 0.15) is 5.15 Å². The van der Waals surface area contributed by atoms with Crippen LogP contribution in [0.2, 0.25) is 5.15 Å². The summed E-state index contributed by atoms with van der Waals surface area (Å²) in [7, 11) is 0. The van der Waals surface area contributed by atoms with Crippen LogP contribution in [-0.4, -0.2) is 11.0 Å². The number of halogens is 1. The molecule has 76 valence electrons. The van der Waals surface area contributed by atoms with E-state index in [2.05, 4.69) is 4.98 Å². The summed E-state index contributed by atoms with van der Waals surface area (Å²) in [5.74, 6) is 0.405. The molecule has 1 heterocycles. The third-order valence-corrected chi connectivity index (χ3v) is 3.15. The average molecular weight is 211 g/mol. The maximum absolute atomic E-state index is 6.08. The van der Waals surface area contributed by atoms with Gasteiger partial charge in [-0.05, 0) is 25.0 Å². The molecule has 0 amide bonds. The SMILES string of the molecule is NC1CCCCC1c1cccc(Cl)n1. The second-order valence-corrected chi connectivity index (χ2v) is 4.33. The normalized spacial score (nSPS) is 27.6. The molecule has 0 radical (unpaired) electrons. The van der Waals surface area contributed by atoms with E-state index in [1.807, 2.05) is 12.1 Å². The van der Waals surface area contributed by atoms with Crippen LogP contribution in [0.15, 0.2) is 18.2 Å². The van der Waals surface area contributed by atoms with Crippen molar-refractivity contribution < 1.29 is 0 Å². The molecule has 1 aliphatic rings. The van der Waals surface area contributed by atoms with E-state index in [1.54, 1.807) is 6.07 Å². The van der Waals surface area contributed by atoms with Crippen LogP contribution in [0, 0.1) is 0 Å². The summed E-state index contributed by atoms with van der Waals surface area (Å²) in [6, 6.07) is 6.04. The Morgan fingerprint density at radius 1 is 1.29 bits per heavy atom. The summed E-state index contributed by atoms with van der Waals surface area (Å²) >= 11 is 5.86. The molecule has 2 atom stereocenters. The number of hydrogen-bond donors (Lipinski definition) is 1. The van der Waals surface area contributed by atoms with Gasteiger partial charge >= 0.3 is 0 Å². The molecule has 2 N–H and O–H groups in total. The van der Waals surface area contributed by atoms with Crippen LogP contribution in [0.3, 0.4) is 0 Å². The second kappa shape index (κ2) is 4.28. The van der Waals surface area contributed by atoms with Gasteiger partial charge in [-0.15, -0.1) is 0 Å². The third-order valence-electron chi connectivity index (χ3n) is 2.94. The molecule has 0 spiro atoms. The Hall–Kier alpha value is -0.600. The Morgan fingerprint density at radius 2 is 2.07 bits per heavy atom. The van der Waals surface area contributed by atoms with Crippen molar-refractivity contribution in [1.82, 2.24) is 4.98 Å². The maximum atomic E-state index is 6.08. The maximum Gasteiger partial charge on any atom is 0.129 e. The molecule has 1 fully saturated rings. The van der Waals surface area contributed by atoms with Gasteiger partial charge in [0.15, 0.2) is 0 Å². The Morgan fingerprint density at radius 3 is 2.79 bits per heavy atom. The number of nitrogens with two attached hydrogens (primary N) is 1. The van der Waals surface area contributed by atoms with Crippen molar-refractivity contribution in [2.75, 3.05) is 0 Å². The van der Waals surface area contributed by atoms with Gasteiger partial charge in [-0.25, -0.2) is 4.98 Å². The Bertz CT molecular complexity index is 314. The van der Waals surface area contributed by atoms with Gasteiger partial charge < -0.3 is 5.73 Å². The first-order valence-corrected chi connectivity index (χ1v) is 5.53. The lowest BCUT2D eigenvalue weighted by molar-refractivity contribution is 0.380. The molecule has 2 nitrogen and oxygen atoms in total. The van der Waals surface area contributed by atoms with E-state index in [9.17, 15) is 0 Å². The van der Waals surface area contributed by atoms with Crippen LogP contribution >= 0.6 is 11.6 Å². The zero-order valence-corrected chi connectivity index (χ0v) is 8.87. The van der Waals surface area contributed by atoms with Crippen molar-refractivity contribution in [1.29, 1.82) is 0 Å². The summed E-state index contributed by atoms with van der Waals surface area (Å²) in [4.78, 5) is 4.33. The van der Waals surface area contributed by atoms with Crippen LogP contribution in [-0.2, 0) is 0 Å². The van der Waals surface area contributed by atoms with Crippen LogP contribution in [0.25, 0.3) is 0 Å². The molecule has 2 unspecified atom stereocenters.